The summed E-state index contributed by atoms with van der Waals surface area (Å²) in [6.07, 6.45) is 2.74. The topological polar surface area (TPSA) is 85.8 Å². The Bertz CT molecular complexity index is 748. The lowest BCUT2D eigenvalue weighted by atomic mass is 9.79. The maximum atomic E-state index is 12.2. The zero-order valence-electron chi connectivity index (χ0n) is 16.9. The number of nitrogens with one attached hydrogen (secondary N) is 3. The van der Waals surface area contributed by atoms with E-state index in [0.29, 0.717) is 25.1 Å². The molecule has 7 nitrogen and oxygen atoms in total. The molecule has 2 amide bonds. The van der Waals surface area contributed by atoms with Gasteiger partial charge in [0, 0.05) is 50.1 Å². The van der Waals surface area contributed by atoms with E-state index in [2.05, 4.69) is 27.8 Å². The van der Waals surface area contributed by atoms with Crippen LogP contribution in [0.2, 0.25) is 0 Å². The van der Waals surface area contributed by atoms with Crippen molar-refractivity contribution in [3.8, 4) is 0 Å². The molecule has 2 heterocycles. The maximum Gasteiger partial charge on any atom is 0.251 e. The fourth-order valence-electron chi connectivity index (χ4n) is 4.07. The molecule has 3 rings (SSSR count). The van der Waals surface area contributed by atoms with Crippen LogP contribution in [0.5, 0.6) is 0 Å². The Labute approximate surface area is 167 Å². The lowest BCUT2D eigenvalue weighted by Gasteiger charge is -2.40. The molecule has 1 unspecified atom stereocenters. The molecule has 0 aromatic heterocycles. The van der Waals surface area contributed by atoms with Crippen LogP contribution in [0.4, 0.5) is 0 Å². The molecule has 2 aliphatic heterocycles. The number of aliphatic imine (C=N–C) groups is 1. The van der Waals surface area contributed by atoms with Crippen molar-refractivity contribution in [1.82, 2.24) is 20.9 Å². The SMILES string of the molecule is CCNC(=NCCNC(=O)c1cccc(C)c1)N1CCCC2(CNC(=O)C2)C1. The third kappa shape index (κ3) is 5.03. The number of amides is 2. The van der Waals surface area contributed by atoms with Crippen LogP contribution in [0.15, 0.2) is 29.3 Å². The van der Waals surface area contributed by atoms with E-state index < -0.39 is 0 Å². The third-order valence-electron chi connectivity index (χ3n) is 5.43. The molecule has 28 heavy (non-hydrogen) atoms. The van der Waals surface area contributed by atoms with E-state index in [1.54, 1.807) is 0 Å². The Morgan fingerprint density at radius 3 is 2.93 bits per heavy atom. The quantitative estimate of drug-likeness (QED) is 0.405. The molecule has 152 valence electrons. The Morgan fingerprint density at radius 1 is 1.36 bits per heavy atom. The van der Waals surface area contributed by atoms with Gasteiger partial charge in [0.05, 0.1) is 6.54 Å². The van der Waals surface area contributed by atoms with Gasteiger partial charge in [-0.2, -0.15) is 0 Å². The van der Waals surface area contributed by atoms with Crippen LogP contribution in [0.3, 0.4) is 0 Å². The summed E-state index contributed by atoms with van der Waals surface area (Å²) in [5, 5.41) is 9.27. The summed E-state index contributed by atoms with van der Waals surface area (Å²) >= 11 is 0. The predicted octanol–water partition coefficient (Wildman–Crippen LogP) is 1.29. The summed E-state index contributed by atoms with van der Waals surface area (Å²) in [6, 6.07) is 7.57. The normalized spacial score (nSPS) is 22.3. The van der Waals surface area contributed by atoms with E-state index in [4.69, 9.17) is 4.99 Å². The van der Waals surface area contributed by atoms with Gasteiger partial charge in [-0.05, 0) is 38.8 Å². The number of benzene rings is 1. The highest BCUT2D eigenvalue weighted by Gasteiger charge is 2.42. The summed E-state index contributed by atoms with van der Waals surface area (Å²) < 4.78 is 0. The van der Waals surface area contributed by atoms with Gasteiger partial charge in [0.2, 0.25) is 5.91 Å². The molecule has 0 bridgehead atoms. The van der Waals surface area contributed by atoms with E-state index in [1.807, 2.05) is 31.2 Å². The minimum Gasteiger partial charge on any atom is -0.357 e. The van der Waals surface area contributed by atoms with Crippen LogP contribution in [0.25, 0.3) is 0 Å². The van der Waals surface area contributed by atoms with Crippen molar-refractivity contribution < 1.29 is 9.59 Å². The number of aryl methyl sites for hydroxylation is 1. The highest BCUT2D eigenvalue weighted by atomic mass is 16.2. The fourth-order valence-corrected chi connectivity index (χ4v) is 4.07. The van der Waals surface area contributed by atoms with Crippen LogP contribution in [-0.2, 0) is 4.79 Å². The standard InChI is InChI=1S/C21H31N5O2/c1-3-22-20(26-11-5-8-21(15-26)13-18(27)25-14-21)24-10-9-23-19(28)17-7-4-6-16(2)12-17/h4,6-7,12H,3,5,8-11,13-15H2,1-2H3,(H,22,24)(H,23,28)(H,25,27). The number of guanidine groups is 1. The monoisotopic (exact) mass is 385 g/mol. The van der Waals surface area contributed by atoms with Crippen molar-refractivity contribution in [3.05, 3.63) is 35.4 Å². The highest BCUT2D eigenvalue weighted by Crippen LogP contribution is 2.35. The van der Waals surface area contributed by atoms with E-state index in [9.17, 15) is 9.59 Å². The minimum atomic E-state index is -0.0728. The number of carbonyl (C=O) groups is 2. The molecule has 3 N–H and O–H groups in total. The zero-order valence-corrected chi connectivity index (χ0v) is 16.9. The summed E-state index contributed by atoms with van der Waals surface area (Å²) in [5.74, 6) is 0.949. The predicted molar refractivity (Wildman–Crippen MR) is 110 cm³/mol. The number of rotatable bonds is 5. The highest BCUT2D eigenvalue weighted by molar-refractivity contribution is 5.94. The van der Waals surface area contributed by atoms with Gasteiger partial charge in [-0.15, -0.1) is 0 Å². The number of carbonyl (C=O) groups excluding carboxylic acids is 2. The first-order valence-electron chi connectivity index (χ1n) is 10.2. The Morgan fingerprint density at radius 2 is 2.21 bits per heavy atom. The Balaban J connectivity index is 1.55. The summed E-state index contributed by atoms with van der Waals surface area (Å²) in [7, 11) is 0. The Kier molecular flexibility index (Phi) is 6.54. The molecule has 2 aliphatic rings. The second-order valence-electron chi connectivity index (χ2n) is 7.84. The summed E-state index contributed by atoms with van der Waals surface area (Å²) in [5.41, 5.74) is 1.77. The number of hydrogen-bond acceptors (Lipinski definition) is 3. The van der Waals surface area contributed by atoms with E-state index in [1.165, 1.54) is 0 Å². The molecule has 1 spiro atoms. The number of piperidine rings is 1. The lowest BCUT2D eigenvalue weighted by Crippen LogP contribution is -2.51. The van der Waals surface area contributed by atoms with Gasteiger partial charge in [-0.25, -0.2) is 0 Å². The van der Waals surface area contributed by atoms with Gasteiger partial charge in [-0.3, -0.25) is 14.6 Å². The van der Waals surface area contributed by atoms with E-state index >= 15 is 0 Å². The lowest BCUT2D eigenvalue weighted by molar-refractivity contribution is -0.119. The van der Waals surface area contributed by atoms with E-state index in [-0.39, 0.29) is 17.2 Å². The second-order valence-corrected chi connectivity index (χ2v) is 7.84. The van der Waals surface area contributed by atoms with Crippen LogP contribution >= 0.6 is 0 Å². The van der Waals surface area contributed by atoms with Crippen molar-refractivity contribution >= 4 is 17.8 Å². The molecule has 0 saturated carbocycles. The zero-order chi connectivity index (χ0) is 20.0. The van der Waals surface area contributed by atoms with Gasteiger partial charge in [0.15, 0.2) is 5.96 Å². The van der Waals surface area contributed by atoms with Gasteiger partial charge in [-0.1, -0.05) is 17.7 Å². The molecule has 2 saturated heterocycles. The van der Waals surface area contributed by atoms with Gasteiger partial charge in [0.1, 0.15) is 0 Å². The smallest absolute Gasteiger partial charge is 0.251 e. The fraction of sp³-hybridized carbons (Fsp3) is 0.571. The van der Waals surface area contributed by atoms with Crippen molar-refractivity contribution in [1.29, 1.82) is 0 Å². The average Bonchev–Trinajstić information content (AvgIpc) is 3.03. The molecule has 1 aromatic rings. The van der Waals surface area contributed by atoms with Crippen LogP contribution in [0.1, 0.15) is 42.1 Å². The minimum absolute atomic E-state index is 0.0326. The summed E-state index contributed by atoms with van der Waals surface area (Å²) in [4.78, 5) is 30.9. The largest absolute Gasteiger partial charge is 0.357 e. The van der Waals surface area contributed by atoms with Gasteiger partial charge in [0.25, 0.3) is 5.91 Å². The molecule has 0 aliphatic carbocycles. The first-order valence-corrected chi connectivity index (χ1v) is 10.2. The number of likely N-dealkylation sites (tertiary alicyclic amines) is 1. The van der Waals surface area contributed by atoms with Crippen molar-refractivity contribution in [3.63, 3.8) is 0 Å². The van der Waals surface area contributed by atoms with Crippen LogP contribution in [0, 0.1) is 12.3 Å². The molecular weight excluding hydrogens is 354 g/mol. The second kappa shape index (κ2) is 9.08. The van der Waals surface area contributed by atoms with E-state index in [0.717, 1.165) is 50.5 Å². The average molecular weight is 386 g/mol. The molecule has 1 atom stereocenters. The number of hydrogen-bond donors (Lipinski definition) is 3. The first kappa shape index (κ1) is 20.2. The maximum absolute atomic E-state index is 12.2. The Hall–Kier alpha value is -2.57. The van der Waals surface area contributed by atoms with Crippen molar-refractivity contribution in [2.24, 2.45) is 10.4 Å². The molecule has 2 fully saturated rings. The number of nitrogens with zero attached hydrogens (tertiary/aromatic N) is 2. The van der Waals surface area contributed by atoms with Crippen LogP contribution < -0.4 is 16.0 Å². The first-order chi connectivity index (χ1) is 13.5. The molecule has 7 heteroatoms. The van der Waals surface area contributed by atoms with Crippen molar-refractivity contribution in [2.45, 2.75) is 33.1 Å². The van der Waals surface area contributed by atoms with Gasteiger partial charge >= 0.3 is 0 Å². The van der Waals surface area contributed by atoms with Crippen molar-refractivity contribution in [2.75, 3.05) is 39.3 Å². The van der Waals surface area contributed by atoms with Crippen LogP contribution in [-0.4, -0.2) is 61.9 Å². The third-order valence-corrected chi connectivity index (χ3v) is 5.43. The summed E-state index contributed by atoms with van der Waals surface area (Å²) in [6.45, 7) is 8.35. The molecule has 1 aromatic carbocycles. The molecular formula is C21H31N5O2. The molecule has 0 radical (unpaired) electrons. The van der Waals surface area contributed by atoms with Gasteiger partial charge < -0.3 is 20.9 Å².